The number of benzene rings is 5. The minimum absolute atomic E-state index is 0.104. The molecule has 0 unspecified atom stereocenters. The van der Waals surface area contributed by atoms with Crippen LogP contribution in [0.25, 0.3) is 95.5 Å². The molecule has 0 bridgehead atoms. The Morgan fingerprint density at radius 3 is 1.34 bits per heavy atom. The summed E-state index contributed by atoms with van der Waals surface area (Å²) in [7, 11) is 13.2. The quantitative estimate of drug-likeness (QED) is 0.0758. The number of halogens is 4. The highest BCUT2D eigenvalue weighted by Crippen LogP contribution is 2.38. The van der Waals surface area contributed by atoms with Crippen LogP contribution in [0.2, 0.25) is 0 Å². The van der Waals surface area contributed by atoms with Crippen LogP contribution in [0.15, 0.2) is 231 Å². The number of anilines is 2. The summed E-state index contributed by atoms with van der Waals surface area (Å²) in [6.45, 7) is 19.5. The van der Waals surface area contributed by atoms with Gasteiger partial charge in [-0.2, -0.15) is 0 Å². The minimum Gasteiger partial charge on any atom is -0.494 e. The van der Waals surface area contributed by atoms with E-state index in [1.807, 2.05) is 88.0 Å². The highest BCUT2D eigenvalue weighted by molar-refractivity contribution is 5.74. The van der Waals surface area contributed by atoms with Gasteiger partial charge in [0.05, 0.1) is 82.5 Å². The molecule has 0 amide bonds. The van der Waals surface area contributed by atoms with Gasteiger partial charge in [0.1, 0.15) is 28.2 Å². The Balaban J connectivity index is 0.000000121. The number of likely N-dealkylation sites (tertiary alicyclic amines) is 1. The number of aryl methyl sites for hydroxylation is 3. The Morgan fingerprint density at radius 1 is 0.371 bits per heavy atom. The maximum Gasteiger partial charge on any atom is 0.258 e. The molecule has 5 aromatic carbocycles. The van der Waals surface area contributed by atoms with E-state index in [2.05, 4.69) is 107 Å². The molecular weight excluding hydrogens is 1790 g/mol. The van der Waals surface area contributed by atoms with Crippen molar-refractivity contribution >= 4 is 50.8 Å². The second-order valence-corrected chi connectivity index (χ2v) is 36.1. The van der Waals surface area contributed by atoms with Crippen molar-refractivity contribution in [3.05, 3.63) is 315 Å². The molecule has 16 heterocycles. The smallest absolute Gasteiger partial charge is 0.258 e. The lowest BCUT2D eigenvalue weighted by molar-refractivity contribution is 0.158. The SMILES string of the molecule is COc1ccc(-c2cc(=O)n3cc(C4=CCN(C)CC4)cc(C)c3n2)cc1F.COc1ccc(-c2cc(=O)n3cc(C4=CCNCC4)cc(C)c3n2)cc1F.COc1ccc(-c2cc(=O)n3cc(N4CCN[C@H](C)C4)cc(C)c3n2)cc1OC.COc1ccc(-c2cc(=O)n3cc(N4C[C@H]5CCCN(C)[C@H]5C4)ccc3n2)cc1F.COc1ccc(-c2ccc3nc(C4CCNCC4)cc(=O)n3c2)cc1F. The van der Waals surface area contributed by atoms with Crippen LogP contribution in [-0.4, -0.2) is 204 Å². The molecule has 10 aromatic heterocycles. The summed E-state index contributed by atoms with van der Waals surface area (Å²) in [6, 6.07) is 46.3. The van der Waals surface area contributed by atoms with Crippen molar-refractivity contribution in [2.75, 3.05) is 145 Å². The van der Waals surface area contributed by atoms with E-state index in [0.29, 0.717) is 109 Å². The van der Waals surface area contributed by atoms with Gasteiger partial charge < -0.3 is 64.0 Å². The number of methoxy groups -OCH3 is 6. The summed E-state index contributed by atoms with van der Waals surface area (Å²) in [5.74, 6) is 1.05. The van der Waals surface area contributed by atoms with Gasteiger partial charge in [-0.25, -0.2) is 42.5 Å². The van der Waals surface area contributed by atoms with E-state index >= 15 is 0 Å². The monoisotopic (exact) mass is 1900 g/mol. The molecule has 0 spiro atoms. The van der Waals surface area contributed by atoms with E-state index < -0.39 is 23.3 Å². The van der Waals surface area contributed by atoms with Crippen molar-refractivity contribution < 1.29 is 46.0 Å². The van der Waals surface area contributed by atoms with Gasteiger partial charge in [-0.05, 0) is 290 Å². The van der Waals surface area contributed by atoms with Crippen LogP contribution in [-0.2, 0) is 0 Å². The number of ether oxygens (including phenoxy) is 6. The fraction of sp³-hybridized carbons (Fsp3) is 0.315. The lowest BCUT2D eigenvalue weighted by atomic mass is 9.93. The largest absolute Gasteiger partial charge is 0.494 e. The van der Waals surface area contributed by atoms with Gasteiger partial charge in [-0.1, -0.05) is 18.2 Å². The molecule has 6 aliphatic rings. The number of pyridine rings is 5. The zero-order chi connectivity index (χ0) is 98.3. The number of nitrogens with one attached hydrogen (secondary N) is 3. The molecule has 140 heavy (non-hydrogen) atoms. The Labute approximate surface area is 806 Å². The number of nitrogens with zero attached hydrogens (tertiary/aromatic N) is 14. The molecule has 724 valence electrons. The van der Waals surface area contributed by atoms with Crippen LogP contribution in [0, 0.1) is 50.0 Å². The summed E-state index contributed by atoms with van der Waals surface area (Å²) in [4.78, 5) is 96.6. The van der Waals surface area contributed by atoms with Crippen LogP contribution >= 0.6 is 0 Å². The third kappa shape index (κ3) is 21.3. The molecule has 28 nitrogen and oxygen atoms in total. The van der Waals surface area contributed by atoms with Gasteiger partial charge in [0.2, 0.25) is 0 Å². The number of rotatable bonds is 16. The first-order valence-corrected chi connectivity index (χ1v) is 46.9. The standard InChI is InChI=1S/C23H25FN4O2.C22H22FN3O2.C22H26N4O3.C21H20FN3O2.C20H20FN3O2/c1-26-9-3-4-16-12-27(14-20(16)26)17-6-8-22-25-19(11-23(29)28(22)13-17)15-5-7-21(30-2)18(24)10-15;1-14-10-17(15-6-8-25(2)9-7-15)13-26-21(27)12-19(24-22(14)26)16-4-5-20(28-3)18(23)11-16;1-14-9-17(25-8-7-23-15(2)12-25)13-26-21(27)11-18(24-22(14)26)16-5-6-19(28-3)20(10-16)29-4;1-13-9-16(14-5-7-23-8-6-14)12-25-20(26)11-18(24-21(13)25)15-3-4-19(27-2)17(22)10-15;1-26-18-4-2-14(10-16(18)21)15-3-5-19-23-17(11-20(25)24(19)12-15)13-6-8-22-9-7-13/h5-8,10-11,13,16,20H,3-4,9,12,14H2,1-2H3;4-6,10-13H,7-9H2,1-3H3;5-6,9-11,13,15,23H,7-8,12H2,1-4H3;3-5,9-12,23H,6-8H2,1-2H3;2-5,10-13,22H,6-9H2,1H3/t16-,20+;;15-;;/m1.1../s1. The van der Waals surface area contributed by atoms with Crippen LogP contribution in [0.4, 0.5) is 28.9 Å². The molecule has 21 rings (SSSR count). The lowest BCUT2D eigenvalue weighted by Gasteiger charge is -2.33. The summed E-state index contributed by atoms with van der Waals surface area (Å²) in [6.07, 6.45) is 19.9. The van der Waals surface area contributed by atoms with Crippen LogP contribution in [0.5, 0.6) is 34.5 Å². The van der Waals surface area contributed by atoms with E-state index in [-0.39, 0.29) is 50.8 Å². The summed E-state index contributed by atoms with van der Waals surface area (Å²) >= 11 is 0. The molecule has 32 heteroatoms. The summed E-state index contributed by atoms with van der Waals surface area (Å²) < 4.78 is 94.6. The third-order valence-electron chi connectivity index (χ3n) is 26.8. The Kier molecular flexibility index (Phi) is 29.6. The van der Waals surface area contributed by atoms with E-state index in [9.17, 15) is 41.5 Å². The predicted molar refractivity (Wildman–Crippen MR) is 539 cm³/mol. The lowest BCUT2D eigenvalue weighted by Crippen LogP contribution is -2.49. The van der Waals surface area contributed by atoms with E-state index in [1.165, 1.54) is 111 Å². The van der Waals surface area contributed by atoms with Crippen molar-refractivity contribution in [1.29, 1.82) is 0 Å². The molecule has 0 saturated carbocycles. The fourth-order valence-electron chi connectivity index (χ4n) is 19.1. The summed E-state index contributed by atoms with van der Waals surface area (Å²) in [5, 5.41) is 10.1. The first-order chi connectivity index (χ1) is 67.7. The average molecular weight is 1900 g/mol. The van der Waals surface area contributed by atoms with Crippen LogP contribution in [0.3, 0.4) is 0 Å². The molecule has 0 radical (unpaired) electrons. The molecule has 15 aromatic rings. The zero-order valence-corrected chi connectivity index (χ0v) is 80.4. The zero-order valence-electron chi connectivity index (χ0n) is 80.4. The topological polar surface area (TPSA) is 276 Å². The highest BCUT2D eigenvalue weighted by Gasteiger charge is 2.38. The number of hydrogen-bond acceptors (Lipinski definition) is 23. The van der Waals surface area contributed by atoms with Gasteiger partial charge in [0.25, 0.3) is 27.8 Å². The Bertz CT molecular complexity index is 7610. The van der Waals surface area contributed by atoms with Gasteiger partial charge in [0.15, 0.2) is 57.8 Å². The Hall–Kier alpha value is -14.7. The third-order valence-corrected chi connectivity index (χ3v) is 26.8. The Morgan fingerprint density at radius 2 is 0.829 bits per heavy atom. The second-order valence-electron chi connectivity index (χ2n) is 36.1. The number of likely N-dealkylation sites (N-methyl/N-ethyl adjacent to an activating group) is 2. The molecular formula is C108H113F4N17O11. The average Bonchev–Trinajstić information content (AvgIpc) is 1.37. The highest BCUT2D eigenvalue weighted by atomic mass is 19.1. The van der Waals surface area contributed by atoms with E-state index in [4.69, 9.17) is 33.4 Å². The van der Waals surface area contributed by atoms with Gasteiger partial charge in [0, 0.05) is 154 Å². The number of hydrogen-bond donors (Lipinski definition) is 3. The number of fused-ring (bicyclic) bond motifs is 6. The van der Waals surface area contributed by atoms with Crippen LogP contribution < -0.4 is 82.0 Å². The van der Waals surface area contributed by atoms with E-state index in [1.54, 1.807) is 86.6 Å². The van der Waals surface area contributed by atoms with Crippen molar-refractivity contribution in [1.82, 2.24) is 72.7 Å². The fourth-order valence-corrected chi connectivity index (χ4v) is 19.1. The molecule has 3 N–H and O–H groups in total. The van der Waals surface area contributed by atoms with Crippen LogP contribution in [0.1, 0.15) is 84.9 Å². The number of piperidine rings is 2. The van der Waals surface area contributed by atoms with Gasteiger partial charge in [-0.15, -0.1) is 0 Å². The molecule has 4 saturated heterocycles. The second kappa shape index (κ2) is 42.7. The molecule has 4 fully saturated rings. The van der Waals surface area contributed by atoms with Crippen molar-refractivity contribution in [2.24, 2.45) is 5.92 Å². The molecule has 0 aliphatic carbocycles. The minimum atomic E-state index is -0.484. The number of piperazine rings is 1. The maximum absolute atomic E-state index is 14.1. The molecule has 6 aliphatic heterocycles. The predicted octanol–water partition coefficient (Wildman–Crippen LogP) is 15.2. The van der Waals surface area contributed by atoms with Crippen molar-refractivity contribution in [3.8, 4) is 90.7 Å². The first-order valence-electron chi connectivity index (χ1n) is 46.9. The van der Waals surface area contributed by atoms with Gasteiger partial charge >= 0.3 is 0 Å². The van der Waals surface area contributed by atoms with Crippen molar-refractivity contribution in [2.45, 2.75) is 84.2 Å². The van der Waals surface area contributed by atoms with Gasteiger partial charge in [-0.3, -0.25) is 46.0 Å². The van der Waals surface area contributed by atoms with Crippen molar-refractivity contribution in [3.63, 3.8) is 0 Å². The van der Waals surface area contributed by atoms with E-state index in [0.717, 1.165) is 160 Å². The normalized spacial score (nSPS) is 16.7. The molecule has 3 atom stereocenters. The first kappa shape index (κ1) is 97.0. The number of aromatic nitrogens is 10. The maximum atomic E-state index is 14.1. The summed E-state index contributed by atoms with van der Waals surface area (Å²) in [5.41, 5.74) is 18.3.